The second-order valence-electron chi connectivity index (χ2n) is 6.46. The van der Waals surface area contributed by atoms with E-state index < -0.39 is 12.1 Å². The van der Waals surface area contributed by atoms with Crippen molar-refractivity contribution in [1.29, 1.82) is 0 Å². The second kappa shape index (κ2) is 9.73. The highest BCUT2D eigenvalue weighted by molar-refractivity contribution is 7.13. The van der Waals surface area contributed by atoms with Gasteiger partial charge in [-0.3, -0.25) is 4.79 Å². The van der Waals surface area contributed by atoms with Crippen LogP contribution in [0.1, 0.15) is 60.0 Å². The predicted molar refractivity (Wildman–Crippen MR) is 99.0 cm³/mol. The summed E-state index contributed by atoms with van der Waals surface area (Å²) in [6.45, 7) is 2.72. The van der Waals surface area contributed by atoms with Crippen LogP contribution in [0.25, 0.3) is 0 Å². The highest BCUT2D eigenvalue weighted by Gasteiger charge is 2.28. The number of rotatable bonds is 10. The third-order valence-electron chi connectivity index (χ3n) is 4.51. The van der Waals surface area contributed by atoms with Crippen LogP contribution in [0.15, 0.2) is 24.3 Å². The van der Waals surface area contributed by atoms with Gasteiger partial charge in [-0.25, -0.2) is 4.79 Å². The summed E-state index contributed by atoms with van der Waals surface area (Å²) in [6.07, 6.45) is 9.34. The summed E-state index contributed by atoms with van der Waals surface area (Å²) >= 11 is 1.26. The number of hydrogen-bond donors (Lipinski definition) is 2. The van der Waals surface area contributed by atoms with E-state index in [0.29, 0.717) is 24.3 Å². The van der Waals surface area contributed by atoms with Crippen LogP contribution in [-0.2, 0) is 11.2 Å². The SMILES string of the molecule is CCCCC[C@H](O)/C=C/C1CCC(=O)N1CCc1ccc(C(=O)O)s1. The van der Waals surface area contributed by atoms with E-state index in [0.717, 1.165) is 37.0 Å². The van der Waals surface area contributed by atoms with Gasteiger partial charge in [-0.05, 0) is 31.4 Å². The predicted octanol–water partition coefficient (Wildman–Crippen LogP) is 3.48. The van der Waals surface area contributed by atoms with Crippen LogP contribution in [0, 0.1) is 0 Å². The van der Waals surface area contributed by atoms with Crippen LogP contribution < -0.4 is 0 Å². The molecule has 1 unspecified atom stereocenters. The van der Waals surface area contributed by atoms with Gasteiger partial charge in [0.15, 0.2) is 0 Å². The number of nitrogens with zero attached hydrogens (tertiary/aromatic N) is 1. The number of aliphatic hydroxyl groups is 1. The molecule has 1 saturated heterocycles. The van der Waals surface area contributed by atoms with Crippen molar-refractivity contribution in [1.82, 2.24) is 4.90 Å². The molecule has 2 atom stereocenters. The molecular weight excluding hydrogens is 338 g/mol. The topological polar surface area (TPSA) is 77.8 Å². The molecule has 2 heterocycles. The van der Waals surface area contributed by atoms with Crippen molar-refractivity contribution in [3.63, 3.8) is 0 Å². The van der Waals surface area contributed by atoms with Gasteiger partial charge in [0.25, 0.3) is 0 Å². The highest BCUT2D eigenvalue weighted by atomic mass is 32.1. The van der Waals surface area contributed by atoms with Gasteiger partial charge < -0.3 is 15.1 Å². The molecule has 2 N–H and O–H groups in total. The van der Waals surface area contributed by atoms with E-state index in [-0.39, 0.29) is 11.9 Å². The molecule has 5 nitrogen and oxygen atoms in total. The van der Waals surface area contributed by atoms with E-state index in [1.165, 1.54) is 11.3 Å². The van der Waals surface area contributed by atoms with Crippen molar-refractivity contribution in [3.05, 3.63) is 34.0 Å². The zero-order valence-corrected chi connectivity index (χ0v) is 15.5. The van der Waals surface area contributed by atoms with E-state index in [4.69, 9.17) is 5.11 Å². The lowest BCUT2D eigenvalue weighted by Gasteiger charge is -2.22. The molecule has 0 spiro atoms. The first-order chi connectivity index (χ1) is 12.0. The lowest BCUT2D eigenvalue weighted by atomic mass is 10.1. The summed E-state index contributed by atoms with van der Waals surface area (Å²) in [4.78, 5) is 26.2. The Balaban J connectivity index is 1.86. The standard InChI is InChI=1S/C19H27NO4S/c1-2-3-4-5-15(21)8-6-14-7-11-18(22)20(14)13-12-16-9-10-17(25-16)19(23)24/h6,8-10,14-15,21H,2-5,7,11-13H2,1H3,(H,23,24)/b8-6+/t14?,15-/m0/s1. The number of carbonyl (C=O) groups excluding carboxylic acids is 1. The lowest BCUT2D eigenvalue weighted by molar-refractivity contribution is -0.128. The summed E-state index contributed by atoms with van der Waals surface area (Å²) in [7, 11) is 0. The Kier molecular flexibility index (Phi) is 7.65. The minimum Gasteiger partial charge on any atom is -0.477 e. The summed E-state index contributed by atoms with van der Waals surface area (Å²) in [5.41, 5.74) is 0. The minimum atomic E-state index is -0.911. The maximum Gasteiger partial charge on any atom is 0.345 e. The molecule has 0 saturated carbocycles. The molecule has 25 heavy (non-hydrogen) atoms. The Morgan fingerprint density at radius 3 is 2.92 bits per heavy atom. The molecule has 0 aromatic carbocycles. The Labute approximate surface area is 153 Å². The lowest BCUT2D eigenvalue weighted by Crippen LogP contribution is -2.33. The third kappa shape index (κ3) is 5.97. The molecule has 1 aromatic heterocycles. The minimum absolute atomic E-state index is 0.0345. The van der Waals surface area contributed by atoms with Crippen molar-refractivity contribution < 1.29 is 19.8 Å². The molecule has 1 amide bonds. The Hall–Kier alpha value is -1.66. The van der Waals surface area contributed by atoms with Crippen molar-refractivity contribution in [2.45, 2.75) is 64.0 Å². The Morgan fingerprint density at radius 1 is 1.44 bits per heavy atom. The third-order valence-corrected chi connectivity index (χ3v) is 5.64. The van der Waals surface area contributed by atoms with Gasteiger partial charge in [-0.2, -0.15) is 0 Å². The van der Waals surface area contributed by atoms with E-state index in [1.807, 2.05) is 23.1 Å². The van der Waals surface area contributed by atoms with Crippen molar-refractivity contribution in [2.24, 2.45) is 0 Å². The fourth-order valence-electron chi connectivity index (χ4n) is 3.06. The summed E-state index contributed by atoms with van der Waals surface area (Å²) in [5, 5.41) is 19.0. The van der Waals surface area contributed by atoms with Gasteiger partial charge in [-0.1, -0.05) is 38.3 Å². The molecule has 2 rings (SSSR count). The summed E-state index contributed by atoms with van der Waals surface area (Å²) < 4.78 is 0. The van der Waals surface area contributed by atoms with E-state index >= 15 is 0 Å². The quantitative estimate of drug-likeness (QED) is 0.491. The Bertz CT molecular complexity index is 610. The van der Waals surface area contributed by atoms with Crippen molar-refractivity contribution in [2.75, 3.05) is 6.54 Å². The maximum absolute atomic E-state index is 12.1. The average molecular weight is 365 g/mol. The fourth-order valence-corrected chi connectivity index (χ4v) is 3.90. The molecular formula is C19H27NO4S. The molecule has 0 aliphatic carbocycles. The molecule has 1 aromatic rings. The number of carbonyl (C=O) groups is 2. The van der Waals surface area contributed by atoms with Crippen molar-refractivity contribution in [3.8, 4) is 0 Å². The number of likely N-dealkylation sites (tertiary alicyclic amines) is 1. The van der Waals surface area contributed by atoms with Gasteiger partial charge in [0.1, 0.15) is 4.88 Å². The molecule has 1 aliphatic heterocycles. The summed E-state index contributed by atoms with van der Waals surface area (Å²) in [6, 6.07) is 3.46. The fraction of sp³-hybridized carbons (Fsp3) is 0.579. The van der Waals surface area contributed by atoms with Crippen LogP contribution in [-0.4, -0.2) is 45.7 Å². The number of unbranched alkanes of at least 4 members (excludes halogenated alkanes) is 2. The number of aliphatic hydroxyl groups excluding tert-OH is 1. The highest BCUT2D eigenvalue weighted by Crippen LogP contribution is 2.23. The zero-order valence-electron chi connectivity index (χ0n) is 14.7. The second-order valence-corrected chi connectivity index (χ2v) is 7.63. The smallest absolute Gasteiger partial charge is 0.345 e. The largest absolute Gasteiger partial charge is 0.477 e. The normalized spacial score (nSPS) is 19.0. The molecule has 0 radical (unpaired) electrons. The number of aromatic carboxylic acids is 1. The van der Waals surface area contributed by atoms with E-state index in [2.05, 4.69) is 6.92 Å². The van der Waals surface area contributed by atoms with Crippen molar-refractivity contribution >= 4 is 23.2 Å². The molecule has 1 fully saturated rings. The van der Waals surface area contributed by atoms with Crippen LogP contribution >= 0.6 is 11.3 Å². The molecule has 138 valence electrons. The monoisotopic (exact) mass is 365 g/mol. The number of carboxylic acids is 1. The van der Waals surface area contributed by atoms with Gasteiger partial charge in [0.2, 0.25) is 5.91 Å². The van der Waals surface area contributed by atoms with Crippen LogP contribution in [0.3, 0.4) is 0 Å². The molecule has 1 aliphatic rings. The number of amides is 1. The molecule has 6 heteroatoms. The summed E-state index contributed by atoms with van der Waals surface area (Å²) in [5.74, 6) is -0.781. The molecule has 0 bridgehead atoms. The first-order valence-electron chi connectivity index (χ1n) is 8.99. The van der Waals surface area contributed by atoms with E-state index in [9.17, 15) is 14.7 Å². The Morgan fingerprint density at radius 2 is 2.24 bits per heavy atom. The maximum atomic E-state index is 12.1. The van der Waals surface area contributed by atoms with Gasteiger partial charge in [0.05, 0.1) is 12.1 Å². The van der Waals surface area contributed by atoms with E-state index in [1.54, 1.807) is 6.07 Å². The number of carboxylic acid groups (broad SMARTS) is 1. The number of thiophene rings is 1. The van der Waals surface area contributed by atoms with Gasteiger partial charge in [-0.15, -0.1) is 11.3 Å². The first kappa shape index (κ1) is 19.7. The average Bonchev–Trinajstić information content (AvgIpc) is 3.18. The zero-order chi connectivity index (χ0) is 18.2. The first-order valence-corrected chi connectivity index (χ1v) is 9.80. The van der Waals surface area contributed by atoms with Crippen LogP contribution in [0.2, 0.25) is 0 Å². The van der Waals surface area contributed by atoms with Gasteiger partial charge in [0, 0.05) is 17.8 Å². The van der Waals surface area contributed by atoms with Gasteiger partial charge >= 0.3 is 5.97 Å². The van der Waals surface area contributed by atoms with Crippen LogP contribution in [0.4, 0.5) is 0 Å². The number of hydrogen-bond acceptors (Lipinski definition) is 4. The van der Waals surface area contributed by atoms with Crippen LogP contribution in [0.5, 0.6) is 0 Å².